The number of hydrogen-bond acceptors (Lipinski definition) is 3. The van der Waals surface area contributed by atoms with Gasteiger partial charge in [-0.1, -0.05) is 0 Å². The van der Waals surface area contributed by atoms with E-state index in [1.165, 1.54) is 0 Å². The van der Waals surface area contributed by atoms with Crippen LogP contribution >= 0.6 is 12.4 Å². The Labute approximate surface area is 93.2 Å². The molecule has 1 N–H and O–H groups in total. The lowest BCUT2D eigenvalue weighted by Gasteiger charge is -2.10. The average molecular weight is 233 g/mol. The number of carboxylic acid groups (broad SMARTS) is 1. The lowest BCUT2D eigenvalue weighted by molar-refractivity contribution is -0.137. The molecule has 0 saturated carbocycles. The van der Waals surface area contributed by atoms with Gasteiger partial charge in [-0.3, -0.25) is 9.36 Å². The van der Waals surface area contributed by atoms with E-state index in [0.717, 1.165) is 10.1 Å². The Kier molecular flexibility index (Phi) is 4.48. The highest BCUT2D eigenvalue weighted by Gasteiger charge is 2.09. The van der Waals surface area contributed by atoms with Crippen LogP contribution in [0.2, 0.25) is 0 Å². The van der Waals surface area contributed by atoms with Crippen molar-refractivity contribution in [2.75, 3.05) is 0 Å². The molecule has 84 valence electrons. The summed E-state index contributed by atoms with van der Waals surface area (Å²) in [5.74, 6) is -1.04. The number of nitrogens with zero attached hydrogens (tertiary/aromatic N) is 2. The summed E-state index contributed by atoms with van der Waals surface area (Å²) in [6.07, 6.45) is 0. The van der Waals surface area contributed by atoms with Crippen molar-refractivity contribution >= 4 is 18.4 Å². The molecule has 0 saturated heterocycles. The lowest BCUT2D eigenvalue weighted by Crippen LogP contribution is -2.29. The summed E-state index contributed by atoms with van der Waals surface area (Å²) in [5.41, 5.74) is 1.65. The second-order valence-corrected chi connectivity index (χ2v) is 3.17. The molecule has 0 fully saturated rings. The lowest BCUT2D eigenvalue weighted by atomic mass is 10.2. The van der Waals surface area contributed by atoms with E-state index in [2.05, 4.69) is 4.98 Å². The van der Waals surface area contributed by atoms with Gasteiger partial charge in [0.1, 0.15) is 6.54 Å². The maximum Gasteiger partial charge on any atom is 0.348 e. The molecule has 0 amide bonds. The molecule has 0 aliphatic carbocycles. The molecule has 0 unspecified atom stereocenters. The highest BCUT2D eigenvalue weighted by molar-refractivity contribution is 5.85. The molecule has 5 nitrogen and oxygen atoms in total. The zero-order valence-electron chi connectivity index (χ0n) is 8.77. The number of hydrogen-bond donors (Lipinski definition) is 1. The predicted octanol–water partition coefficient (Wildman–Crippen LogP) is 0.675. The van der Waals surface area contributed by atoms with Crippen LogP contribution in [0.5, 0.6) is 0 Å². The molecule has 1 aromatic heterocycles. The number of aliphatic carboxylic acids is 1. The zero-order chi connectivity index (χ0) is 10.9. The van der Waals surface area contributed by atoms with Gasteiger partial charge in [-0.15, -0.1) is 12.4 Å². The maximum atomic E-state index is 11.3. The van der Waals surface area contributed by atoms with Gasteiger partial charge in [0.2, 0.25) is 0 Å². The second-order valence-electron chi connectivity index (χ2n) is 3.17. The van der Waals surface area contributed by atoms with Crippen molar-refractivity contribution in [3.8, 4) is 0 Å². The summed E-state index contributed by atoms with van der Waals surface area (Å²) < 4.78 is 1.16. The van der Waals surface area contributed by atoms with E-state index < -0.39 is 11.7 Å². The maximum absolute atomic E-state index is 11.3. The summed E-state index contributed by atoms with van der Waals surface area (Å²) in [7, 11) is 0. The molecule has 0 aromatic carbocycles. The summed E-state index contributed by atoms with van der Waals surface area (Å²) in [6, 6.07) is 0. The van der Waals surface area contributed by atoms with Crippen molar-refractivity contribution in [2.45, 2.75) is 27.3 Å². The third kappa shape index (κ3) is 2.79. The normalized spacial score (nSPS) is 9.53. The first-order valence-corrected chi connectivity index (χ1v) is 4.20. The van der Waals surface area contributed by atoms with Crippen molar-refractivity contribution in [1.82, 2.24) is 9.55 Å². The van der Waals surface area contributed by atoms with Gasteiger partial charge in [0.15, 0.2) is 0 Å². The van der Waals surface area contributed by atoms with E-state index in [1.54, 1.807) is 13.8 Å². The largest absolute Gasteiger partial charge is 0.480 e. The second kappa shape index (κ2) is 4.93. The number of carboxylic acids is 1. The van der Waals surface area contributed by atoms with Gasteiger partial charge >= 0.3 is 11.7 Å². The minimum absolute atomic E-state index is 0. The van der Waals surface area contributed by atoms with Gasteiger partial charge in [-0.25, -0.2) is 4.79 Å². The van der Waals surface area contributed by atoms with Crippen LogP contribution in [0.4, 0.5) is 0 Å². The fourth-order valence-corrected chi connectivity index (χ4v) is 1.22. The topological polar surface area (TPSA) is 72.2 Å². The van der Waals surface area contributed by atoms with Crippen LogP contribution in [0.3, 0.4) is 0 Å². The average Bonchev–Trinajstić information content (AvgIpc) is 2.09. The number of carbonyl (C=O) groups is 1. The molecular weight excluding hydrogens is 220 g/mol. The van der Waals surface area contributed by atoms with Crippen molar-refractivity contribution in [1.29, 1.82) is 0 Å². The zero-order valence-corrected chi connectivity index (χ0v) is 9.59. The third-order valence-electron chi connectivity index (χ3n) is 2.28. The van der Waals surface area contributed by atoms with Crippen molar-refractivity contribution < 1.29 is 9.90 Å². The van der Waals surface area contributed by atoms with E-state index >= 15 is 0 Å². The standard InChI is InChI=1S/C9H12N2O3.ClH/c1-5-6(2)10-9(14)11(7(5)3)4-8(12)13;/h4H2,1-3H3,(H,12,13);1H. The molecule has 0 aliphatic heterocycles. The molecule has 0 bridgehead atoms. The fraction of sp³-hybridized carbons (Fsp3) is 0.444. The molecule has 6 heteroatoms. The van der Waals surface area contributed by atoms with Gasteiger partial charge in [0, 0.05) is 11.4 Å². The van der Waals surface area contributed by atoms with E-state index in [1.807, 2.05) is 6.92 Å². The summed E-state index contributed by atoms with van der Waals surface area (Å²) in [6.45, 7) is 4.93. The summed E-state index contributed by atoms with van der Waals surface area (Å²) in [4.78, 5) is 25.6. The van der Waals surface area contributed by atoms with E-state index in [0.29, 0.717) is 11.4 Å². The van der Waals surface area contributed by atoms with Crippen molar-refractivity contribution in [3.05, 3.63) is 27.4 Å². The Morgan fingerprint density at radius 3 is 2.40 bits per heavy atom. The SMILES string of the molecule is Cc1nc(=O)n(CC(=O)O)c(C)c1C.Cl. The molecule has 1 heterocycles. The number of aryl methyl sites for hydroxylation is 1. The minimum Gasteiger partial charge on any atom is -0.480 e. The van der Waals surface area contributed by atoms with Gasteiger partial charge in [-0.05, 0) is 26.3 Å². The first kappa shape index (κ1) is 13.6. The van der Waals surface area contributed by atoms with E-state index in [-0.39, 0.29) is 19.0 Å². The Bertz CT molecular complexity index is 440. The number of aromatic nitrogens is 2. The minimum atomic E-state index is -1.04. The van der Waals surface area contributed by atoms with Gasteiger partial charge in [0.05, 0.1) is 0 Å². The van der Waals surface area contributed by atoms with Crippen molar-refractivity contribution in [2.24, 2.45) is 0 Å². The molecule has 15 heavy (non-hydrogen) atoms. The Morgan fingerprint density at radius 2 is 1.93 bits per heavy atom. The molecule has 0 spiro atoms. The highest BCUT2D eigenvalue weighted by Crippen LogP contribution is 2.06. The highest BCUT2D eigenvalue weighted by atomic mass is 35.5. The van der Waals surface area contributed by atoms with Crippen molar-refractivity contribution in [3.63, 3.8) is 0 Å². The molecule has 0 atom stereocenters. The van der Waals surface area contributed by atoms with Gasteiger partial charge < -0.3 is 5.11 Å². The predicted molar refractivity (Wildman–Crippen MR) is 57.6 cm³/mol. The summed E-state index contributed by atoms with van der Waals surface area (Å²) >= 11 is 0. The van der Waals surface area contributed by atoms with E-state index in [4.69, 9.17) is 5.11 Å². The number of halogens is 1. The molecular formula is C9H13ClN2O3. The first-order chi connectivity index (χ1) is 6.43. The Morgan fingerprint density at radius 1 is 1.40 bits per heavy atom. The Hall–Kier alpha value is -1.36. The van der Waals surface area contributed by atoms with Crippen LogP contribution in [0.1, 0.15) is 17.0 Å². The Balaban J connectivity index is 0.00000196. The monoisotopic (exact) mass is 232 g/mol. The van der Waals surface area contributed by atoms with Crippen LogP contribution in [0, 0.1) is 20.8 Å². The van der Waals surface area contributed by atoms with Gasteiger partial charge in [0.25, 0.3) is 0 Å². The molecule has 0 radical (unpaired) electrons. The number of rotatable bonds is 2. The quantitative estimate of drug-likeness (QED) is 0.814. The van der Waals surface area contributed by atoms with Crippen LogP contribution < -0.4 is 5.69 Å². The van der Waals surface area contributed by atoms with Crippen LogP contribution in [-0.4, -0.2) is 20.6 Å². The molecule has 1 rings (SSSR count). The third-order valence-corrected chi connectivity index (χ3v) is 2.28. The van der Waals surface area contributed by atoms with Crippen LogP contribution in [-0.2, 0) is 11.3 Å². The van der Waals surface area contributed by atoms with Crippen LogP contribution in [0.25, 0.3) is 0 Å². The fourth-order valence-electron chi connectivity index (χ4n) is 1.22. The smallest absolute Gasteiger partial charge is 0.348 e. The van der Waals surface area contributed by atoms with Crippen LogP contribution in [0.15, 0.2) is 4.79 Å². The van der Waals surface area contributed by atoms with E-state index in [9.17, 15) is 9.59 Å². The summed E-state index contributed by atoms with van der Waals surface area (Å²) in [5, 5.41) is 8.59. The first-order valence-electron chi connectivity index (χ1n) is 4.20. The molecule has 1 aromatic rings. The van der Waals surface area contributed by atoms with Gasteiger partial charge in [-0.2, -0.15) is 4.98 Å². The molecule has 0 aliphatic rings.